The summed E-state index contributed by atoms with van der Waals surface area (Å²) in [7, 11) is 1.81. The lowest BCUT2D eigenvalue weighted by Gasteiger charge is -2.27. The Balaban J connectivity index is 0.00000154. The van der Waals surface area contributed by atoms with Gasteiger partial charge in [-0.05, 0) is 51.2 Å². The number of para-hydroxylation sites is 1. The van der Waals surface area contributed by atoms with Crippen LogP contribution in [0.25, 0.3) is 5.70 Å². The van der Waals surface area contributed by atoms with Gasteiger partial charge in [-0.2, -0.15) is 0 Å². The van der Waals surface area contributed by atoms with Gasteiger partial charge in [-0.1, -0.05) is 19.6 Å². The minimum Gasteiger partial charge on any atom is -0.398 e. The molecular weight excluding hydrogens is 421 g/mol. The quantitative estimate of drug-likeness (QED) is 0.339. The van der Waals surface area contributed by atoms with Gasteiger partial charge in [-0.25, -0.2) is 4.39 Å². The van der Waals surface area contributed by atoms with Gasteiger partial charge in [-0.3, -0.25) is 14.8 Å². The number of rotatable bonds is 9. The molecule has 1 amide bonds. The number of nitrogens with zero attached hydrogens (tertiary/aromatic N) is 3. The van der Waals surface area contributed by atoms with Crippen LogP contribution in [0.4, 0.5) is 10.1 Å². The molecule has 0 aliphatic heterocycles. The summed E-state index contributed by atoms with van der Waals surface area (Å²) in [6.07, 6.45) is 5.58. The molecule has 0 fully saturated rings. The van der Waals surface area contributed by atoms with Crippen LogP contribution >= 0.6 is 0 Å². The lowest BCUT2D eigenvalue weighted by molar-refractivity contribution is 0.0711. The minimum atomic E-state index is -0.419. The molecule has 0 spiro atoms. The molecule has 0 saturated carbocycles. The Morgan fingerprint density at radius 1 is 1.33 bits per heavy atom. The first-order valence-electron chi connectivity index (χ1n) is 10.2. The standard InChI is InChI=1S/C20H24FN5O.C3H8N2.CH4/c1-3-26(20(27)16-6-4-5-7-17(16)22)14(2)12-24-11-10-18(23)19-9-8-15(21)13-25-19;1-5-3-2-4;/h4-11,13-14H,3,12,22-23H2,1-2H3;2,4-5H,3H2,1H3;1H4/b18-10-,24-11?;;/t14-;;/m0../s1. The zero-order valence-electron chi connectivity index (χ0n) is 18.8. The topological polar surface area (TPSA) is 133 Å². The van der Waals surface area contributed by atoms with Gasteiger partial charge in [0.05, 0.1) is 29.7 Å². The second-order valence-electron chi connectivity index (χ2n) is 6.79. The summed E-state index contributed by atoms with van der Waals surface area (Å²) in [6.45, 7) is 5.47. The summed E-state index contributed by atoms with van der Waals surface area (Å²) >= 11 is 0. The molecule has 1 heterocycles. The number of nitrogens with two attached hydrogens (primary N) is 2. The van der Waals surface area contributed by atoms with Crippen molar-refractivity contribution in [3.63, 3.8) is 0 Å². The number of anilines is 1. The molecule has 0 aliphatic carbocycles. The molecule has 0 bridgehead atoms. The van der Waals surface area contributed by atoms with Crippen molar-refractivity contribution in [1.82, 2.24) is 15.2 Å². The zero-order chi connectivity index (χ0) is 23.9. The van der Waals surface area contributed by atoms with E-state index in [9.17, 15) is 9.18 Å². The van der Waals surface area contributed by atoms with Crippen molar-refractivity contribution in [2.24, 2.45) is 10.7 Å². The van der Waals surface area contributed by atoms with Crippen LogP contribution < -0.4 is 16.8 Å². The highest BCUT2D eigenvalue weighted by Gasteiger charge is 2.21. The van der Waals surface area contributed by atoms with Crippen LogP contribution in [-0.4, -0.2) is 60.9 Å². The summed E-state index contributed by atoms with van der Waals surface area (Å²) in [6, 6.07) is 9.69. The number of amides is 1. The first kappa shape index (κ1) is 29.4. The van der Waals surface area contributed by atoms with Crippen LogP contribution in [0.15, 0.2) is 53.7 Å². The molecule has 6 N–H and O–H groups in total. The summed E-state index contributed by atoms with van der Waals surface area (Å²) in [4.78, 5) is 22.7. The van der Waals surface area contributed by atoms with E-state index in [-0.39, 0.29) is 19.4 Å². The van der Waals surface area contributed by atoms with Gasteiger partial charge in [-0.15, -0.1) is 0 Å². The van der Waals surface area contributed by atoms with Crippen LogP contribution in [0.1, 0.15) is 37.3 Å². The molecule has 9 heteroatoms. The largest absolute Gasteiger partial charge is 0.398 e. The highest BCUT2D eigenvalue weighted by Crippen LogP contribution is 2.15. The van der Waals surface area contributed by atoms with Gasteiger partial charge in [0.25, 0.3) is 5.91 Å². The minimum absolute atomic E-state index is 0. The molecule has 0 radical (unpaired) electrons. The maximum Gasteiger partial charge on any atom is 0.256 e. The van der Waals surface area contributed by atoms with Crippen molar-refractivity contribution in [3.8, 4) is 0 Å². The number of likely N-dealkylation sites (N-methyl/N-ethyl adjacent to an activating group) is 1. The predicted molar refractivity (Wildman–Crippen MR) is 136 cm³/mol. The third kappa shape index (κ3) is 10.0. The van der Waals surface area contributed by atoms with Gasteiger partial charge >= 0.3 is 0 Å². The smallest absolute Gasteiger partial charge is 0.256 e. The summed E-state index contributed by atoms with van der Waals surface area (Å²) < 4.78 is 12.9. The fraction of sp³-hybridized carbons (Fsp3) is 0.333. The number of benzene rings is 1. The number of hydrogen-bond donors (Lipinski definition) is 4. The van der Waals surface area contributed by atoms with Crippen molar-refractivity contribution in [3.05, 3.63) is 65.7 Å². The van der Waals surface area contributed by atoms with Crippen LogP contribution in [0.3, 0.4) is 0 Å². The molecule has 0 saturated heterocycles. The van der Waals surface area contributed by atoms with Gasteiger partial charge in [0.15, 0.2) is 0 Å². The Bertz CT molecular complexity index is 913. The van der Waals surface area contributed by atoms with Gasteiger partial charge in [0, 0.05) is 37.2 Å². The lowest BCUT2D eigenvalue weighted by atomic mass is 10.1. The summed E-state index contributed by atoms with van der Waals surface area (Å²) in [5.74, 6) is -0.540. The molecular formula is C24H36FN7O. The Morgan fingerprint density at radius 3 is 2.55 bits per heavy atom. The van der Waals surface area contributed by atoms with Crippen molar-refractivity contribution in [2.75, 3.05) is 32.4 Å². The molecule has 8 nitrogen and oxygen atoms in total. The van der Waals surface area contributed by atoms with E-state index in [1.54, 1.807) is 41.5 Å². The van der Waals surface area contributed by atoms with E-state index < -0.39 is 5.82 Å². The van der Waals surface area contributed by atoms with E-state index in [0.29, 0.717) is 42.3 Å². The number of carbonyl (C=O) groups is 1. The number of nitrogen functional groups attached to an aromatic ring is 1. The number of aliphatic imine (C=N–C) groups is 1. The van der Waals surface area contributed by atoms with Crippen LogP contribution in [0.5, 0.6) is 0 Å². The molecule has 0 aliphatic rings. The first-order chi connectivity index (χ1) is 15.3. The maximum atomic E-state index is 12.9. The number of nitrogens with one attached hydrogen (secondary N) is 2. The fourth-order valence-electron chi connectivity index (χ4n) is 2.68. The van der Waals surface area contributed by atoms with Crippen molar-refractivity contribution < 1.29 is 9.18 Å². The number of pyridine rings is 1. The van der Waals surface area contributed by atoms with E-state index in [0.717, 1.165) is 6.20 Å². The molecule has 0 unspecified atom stereocenters. The zero-order valence-corrected chi connectivity index (χ0v) is 18.8. The first-order valence-corrected chi connectivity index (χ1v) is 10.2. The van der Waals surface area contributed by atoms with Crippen LogP contribution in [0.2, 0.25) is 0 Å². The van der Waals surface area contributed by atoms with Crippen LogP contribution in [0, 0.1) is 11.2 Å². The third-order valence-corrected chi connectivity index (χ3v) is 4.38. The second kappa shape index (κ2) is 16.1. The molecule has 33 heavy (non-hydrogen) atoms. The van der Waals surface area contributed by atoms with E-state index in [1.807, 2.05) is 20.9 Å². The van der Waals surface area contributed by atoms with Gasteiger partial charge in [0.2, 0.25) is 0 Å². The Morgan fingerprint density at radius 2 is 2.03 bits per heavy atom. The third-order valence-electron chi connectivity index (χ3n) is 4.38. The highest BCUT2D eigenvalue weighted by molar-refractivity contribution is 5.99. The number of hydrogen-bond acceptors (Lipinski definition) is 7. The maximum absolute atomic E-state index is 12.9. The Kier molecular flexibility index (Phi) is 14.3. The molecule has 2 aromatic rings. The Hall–Kier alpha value is -3.59. The molecule has 1 aromatic carbocycles. The fourth-order valence-corrected chi connectivity index (χ4v) is 2.68. The summed E-state index contributed by atoms with van der Waals surface area (Å²) in [5, 5.41) is 9.19. The molecule has 1 atom stereocenters. The van der Waals surface area contributed by atoms with Crippen molar-refractivity contribution in [2.45, 2.75) is 27.3 Å². The number of carbonyl (C=O) groups excluding carboxylic acids is 1. The average Bonchev–Trinajstić information content (AvgIpc) is 2.78. The second-order valence-corrected chi connectivity index (χ2v) is 6.79. The monoisotopic (exact) mass is 457 g/mol. The van der Waals surface area contributed by atoms with Gasteiger partial charge in [0.1, 0.15) is 5.82 Å². The number of halogens is 1. The predicted octanol–water partition coefficient (Wildman–Crippen LogP) is 3.22. The van der Waals surface area contributed by atoms with E-state index in [2.05, 4.69) is 15.3 Å². The Labute approximate surface area is 196 Å². The lowest BCUT2D eigenvalue weighted by Crippen LogP contribution is -2.40. The highest BCUT2D eigenvalue weighted by atomic mass is 19.1. The average molecular weight is 458 g/mol. The molecule has 1 aromatic heterocycles. The normalized spacial score (nSPS) is 11.7. The van der Waals surface area contributed by atoms with Crippen molar-refractivity contribution >= 4 is 29.7 Å². The van der Waals surface area contributed by atoms with Crippen molar-refractivity contribution in [1.29, 1.82) is 5.41 Å². The molecule has 2 rings (SSSR count). The van der Waals surface area contributed by atoms with E-state index in [4.69, 9.17) is 16.9 Å². The number of aromatic nitrogens is 1. The van der Waals surface area contributed by atoms with E-state index in [1.165, 1.54) is 18.3 Å². The molecule has 180 valence electrons. The van der Waals surface area contributed by atoms with E-state index >= 15 is 0 Å². The SMILES string of the molecule is C.CCN(C(=O)c1ccccc1N)[C@@H](C)CN=C/C=C(\N)c1ccc(F)cn1.CNCC=N. The summed E-state index contributed by atoms with van der Waals surface area (Å²) in [5.41, 5.74) is 13.6. The number of allylic oxidation sites excluding steroid dienone is 1. The van der Waals surface area contributed by atoms with Crippen LogP contribution in [-0.2, 0) is 0 Å². The van der Waals surface area contributed by atoms with Gasteiger partial charge < -0.3 is 27.1 Å².